The quantitative estimate of drug-likeness (QED) is 0.734. The maximum atomic E-state index is 12.4. The molecule has 0 aliphatic carbocycles. The van der Waals surface area contributed by atoms with E-state index in [-0.39, 0.29) is 23.5 Å². The summed E-state index contributed by atoms with van der Waals surface area (Å²) in [6.07, 6.45) is 0.655. The Kier molecular flexibility index (Phi) is 6.19. The van der Waals surface area contributed by atoms with Gasteiger partial charge in [0.25, 0.3) is 0 Å². The third-order valence-electron chi connectivity index (χ3n) is 3.81. The van der Waals surface area contributed by atoms with E-state index in [0.717, 1.165) is 16.8 Å². The second kappa shape index (κ2) is 8.15. The summed E-state index contributed by atoms with van der Waals surface area (Å²) in [5, 5.41) is 11.4. The van der Waals surface area contributed by atoms with Gasteiger partial charge in [-0.2, -0.15) is 0 Å². The van der Waals surface area contributed by atoms with Gasteiger partial charge < -0.3 is 15.6 Å². The Labute approximate surface area is 151 Å². The first kappa shape index (κ1) is 19.0. The van der Waals surface area contributed by atoms with Gasteiger partial charge >= 0.3 is 0 Å². The Balaban J connectivity index is 2.00. The van der Waals surface area contributed by atoms with E-state index in [1.54, 1.807) is 4.57 Å². The van der Waals surface area contributed by atoms with Gasteiger partial charge in [0.05, 0.1) is 5.25 Å². The van der Waals surface area contributed by atoms with Crippen molar-refractivity contribution in [3.63, 3.8) is 0 Å². The average molecular weight is 361 g/mol. The number of benzene rings is 1. The van der Waals surface area contributed by atoms with Crippen molar-refractivity contribution in [2.75, 3.05) is 5.32 Å². The number of carbonyl (C=O) groups is 2. The number of aromatic nitrogens is 3. The number of hydrogen-bond donors (Lipinski definition) is 2. The SMILES string of the molecule is Cc1ccc(NC(=O)[C@@H](C)Sc2nnc(CCC(N)=O)n2C)c(C)c1. The van der Waals surface area contributed by atoms with Gasteiger partial charge in [-0.3, -0.25) is 9.59 Å². The lowest BCUT2D eigenvalue weighted by molar-refractivity contribution is -0.118. The van der Waals surface area contributed by atoms with Crippen LogP contribution in [-0.4, -0.2) is 31.8 Å². The molecule has 2 aromatic rings. The normalized spacial score (nSPS) is 12.0. The number of amides is 2. The van der Waals surface area contributed by atoms with Crippen LogP contribution in [0.25, 0.3) is 0 Å². The number of carbonyl (C=O) groups excluding carboxylic acids is 2. The van der Waals surface area contributed by atoms with E-state index in [0.29, 0.717) is 17.4 Å². The number of nitrogens with two attached hydrogens (primary N) is 1. The van der Waals surface area contributed by atoms with E-state index in [2.05, 4.69) is 15.5 Å². The minimum Gasteiger partial charge on any atom is -0.370 e. The maximum Gasteiger partial charge on any atom is 0.237 e. The molecule has 1 aromatic heterocycles. The fraction of sp³-hybridized carbons (Fsp3) is 0.412. The van der Waals surface area contributed by atoms with Gasteiger partial charge in [-0.25, -0.2) is 0 Å². The molecule has 2 rings (SSSR count). The number of thioether (sulfide) groups is 1. The molecular formula is C17H23N5O2S. The molecule has 1 atom stereocenters. The molecule has 3 N–H and O–H groups in total. The van der Waals surface area contributed by atoms with Crippen LogP contribution in [0, 0.1) is 13.8 Å². The number of aryl methyl sites for hydroxylation is 3. The fourth-order valence-electron chi connectivity index (χ4n) is 2.30. The summed E-state index contributed by atoms with van der Waals surface area (Å²) in [4.78, 5) is 23.3. The average Bonchev–Trinajstić information content (AvgIpc) is 2.88. The van der Waals surface area contributed by atoms with E-state index in [1.807, 2.05) is 46.0 Å². The van der Waals surface area contributed by atoms with Gasteiger partial charge in [0, 0.05) is 25.6 Å². The summed E-state index contributed by atoms with van der Waals surface area (Å²) in [7, 11) is 1.81. The number of anilines is 1. The highest BCUT2D eigenvalue weighted by atomic mass is 32.2. The van der Waals surface area contributed by atoms with Crippen LogP contribution in [0.2, 0.25) is 0 Å². The van der Waals surface area contributed by atoms with Crippen molar-refractivity contribution in [2.24, 2.45) is 12.8 Å². The van der Waals surface area contributed by atoms with Crippen molar-refractivity contribution in [3.05, 3.63) is 35.2 Å². The Bertz CT molecular complexity index is 787. The lowest BCUT2D eigenvalue weighted by atomic mass is 10.1. The van der Waals surface area contributed by atoms with Crippen molar-refractivity contribution in [3.8, 4) is 0 Å². The molecular weight excluding hydrogens is 338 g/mol. The van der Waals surface area contributed by atoms with Gasteiger partial charge in [0.15, 0.2) is 5.16 Å². The molecule has 0 unspecified atom stereocenters. The van der Waals surface area contributed by atoms with E-state index in [1.165, 1.54) is 11.8 Å². The fourth-order valence-corrected chi connectivity index (χ4v) is 3.13. The lowest BCUT2D eigenvalue weighted by Crippen LogP contribution is -2.23. The second-order valence-electron chi connectivity index (χ2n) is 5.99. The predicted octanol–water partition coefficient (Wildman–Crippen LogP) is 1.97. The van der Waals surface area contributed by atoms with Crippen LogP contribution in [-0.2, 0) is 23.1 Å². The molecule has 0 saturated heterocycles. The van der Waals surface area contributed by atoms with Crippen LogP contribution >= 0.6 is 11.8 Å². The zero-order chi connectivity index (χ0) is 18.6. The maximum absolute atomic E-state index is 12.4. The Morgan fingerprint density at radius 1 is 1.32 bits per heavy atom. The molecule has 0 radical (unpaired) electrons. The molecule has 0 spiro atoms. The highest BCUT2D eigenvalue weighted by molar-refractivity contribution is 8.00. The summed E-state index contributed by atoms with van der Waals surface area (Å²) >= 11 is 1.32. The summed E-state index contributed by atoms with van der Waals surface area (Å²) in [5.74, 6) is 0.195. The van der Waals surface area contributed by atoms with Crippen molar-refractivity contribution >= 4 is 29.3 Å². The topological polar surface area (TPSA) is 103 Å². The predicted molar refractivity (Wildman–Crippen MR) is 98.4 cm³/mol. The monoisotopic (exact) mass is 361 g/mol. The van der Waals surface area contributed by atoms with Crippen LogP contribution in [0.5, 0.6) is 0 Å². The first-order valence-electron chi connectivity index (χ1n) is 7.99. The van der Waals surface area contributed by atoms with Crippen LogP contribution in [0.4, 0.5) is 5.69 Å². The third kappa shape index (κ3) is 5.06. The summed E-state index contributed by atoms with van der Waals surface area (Å²) in [6.45, 7) is 5.80. The van der Waals surface area contributed by atoms with Crippen molar-refractivity contribution in [1.82, 2.24) is 14.8 Å². The zero-order valence-electron chi connectivity index (χ0n) is 14.9. The van der Waals surface area contributed by atoms with E-state index >= 15 is 0 Å². The largest absolute Gasteiger partial charge is 0.370 e. The van der Waals surface area contributed by atoms with Crippen LogP contribution in [0.1, 0.15) is 30.3 Å². The van der Waals surface area contributed by atoms with Crippen LogP contribution in [0.15, 0.2) is 23.4 Å². The first-order chi connectivity index (χ1) is 11.8. The summed E-state index contributed by atoms with van der Waals surface area (Å²) < 4.78 is 1.79. The number of rotatable bonds is 7. The molecule has 0 aliphatic rings. The van der Waals surface area contributed by atoms with Crippen LogP contribution < -0.4 is 11.1 Å². The minimum absolute atomic E-state index is 0.0985. The summed E-state index contributed by atoms with van der Waals surface area (Å²) in [5.41, 5.74) is 8.15. The lowest BCUT2D eigenvalue weighted by Gasteiger charge is -2.13. The second-order valence-corrected chi connectivity index (χ2v) is 7.30. The third-order valence-corrected chi connectivity index (χ3v) is 4.95. The van der Waals surface area contributed by atoms with Gasteiger partial charge in [-0.05, 0) is 32.4 Å². The molecule has 0 saturated carbocycles. The molecule has 2 amide bonds. The van der Waals surface area contributed by atoms with Gasteiger partial charge in [-0.1, -0.05) is 29.5 Å². The molecule has 0 aliphatic heterocycles. The number of hydrogen-bond acceptors (Lipinski definition) is 5. The van der Waals surface area contributed by atoms with Gasteiger partial charge in [-0.15, -0.1) is 10.2 Å². The van der Waals surface area contributed by atoms with Crippen molar-refractivity contribution in [2.45, 2.75) is 44.0 Å². The highest BCUT2D eigenvalue weighted by Gasteiger charge is 2.19. The minimum atomic E-state index is -0.376. The highest BCUT2D eigenvalue weighted by Crippen LogP contribution is 2.24. The molecule has 1 heterocycles. The molecule has 0 bridgehead atoms. The standard InChI is InChI=1S/C17H23N5O2S/c1-10-5-6-13(11(2)9-10)19-16(24)12(3)25-17-21-20-15(22(17)4)8-7-14(18)23/h5-6,9,12H,7-8H2,1-4H3,(H2,18,23)(H,19,24)/t12-/m1/s1. The summed E-state index contributed by atoms with van der Waals surface area (Å²) in [6, 6.07) is 5.90. The van der Waals surface area contributed by atoms with E-state index in [9.17, 15) is 9.59 Å². The molecule has 0 fully saturated rings. The van der Waals surface area contributed by atoms with E-state index < -0.39 is 0 Å². The molecule has 7 nitrogen and oxygen atoms in total. The Hall–Kier alpha value is -2.35. The first-order valence-corrected chi connectivity index (χ1v) is 8.87. The molecule has 134 valence electrons. The van der Waals surface area contributed by atoms with E-state index in [4.69, 9.17) is 5.73 Å². The van der Waals surface area contributed by atoms with Crippen molar-refractivity contribution < 1.29 is 9.59 Å². The Morgan fingerprint density at radius 3 is 2.68 bits per heavy atom. The Morgan fingerprint density at radius 2 is 2.04 bits per heavy atom. The van der Waals surface area contributed by atoms with Gasteiger partial charge in [0.1, 0.15) is 5.82 Å². The van der Waals surface area contributed by atoms with Crippen LogP contribution in [0.3, 0.4) is 0 Å². The molecule has 25 heavy (non-hydrogen) atoms. The zero-order valence-corrected chi connectivity index (χ0v) is 15.7. The number of nitrogens with zero attached hydrogens (tertiary/aromatic N) is 3. The van der Waals surface area contributed by atoms with Crippen molar-refractivity contribution in [1.29, 1.82) is 0 Å². The smallest absolute Gasteiger partial charge is 0.237 e. The molecule has 1 aromatic carbocycles. The van der Waals surface area contributed by atoms with Gasteiger partial charge in [0.2, 0.25) is 11.8 Å². The molecule has 8 heteroatoms. The number of nitrogens with one attached hydrogen (secondary N) is 1. The number of primary amides is 1.